The first-order chi connectivity index (χ1) is 17.5. The van der Waals surface area contributed by atoms with Gasteiger partial charge in [0.2, 0.25) is 0 Å². The molecule has 1 aromatic heterocycles. The summed E-state index contributed by atoms with van der Waals surface area (Å²) in [6, 6.07) is 7.67. The van der Waals surface area contributed by atoms with Crippen molar-refractivity contribution in [2.45, 2.75) is 90.0 Å². The second-order valence-electron chi connectivity index (χ2n) is 10.3. The number of esters is 1. The fourth-order valence-electron chi connectivity index (χ4n) is 3.80. The number of pyridine rings is 1. The molecule has 0 spiro atoms. The molecule has 3 nitrogen and oxygen atoms in total. The van der Waals surface area contributed by atoms with Gasteiger partial charge in [-0.3, -0.25) is 4.98 Å². The van der Waals surface area contributed by atoms with Crippen LogP contribution < -0.4 is 4.74 Å². The van der Waals surface area contributed by atoms with Crippen LogP contribution in [0, 0.1) is 13.8 Å². The minimum absolute atomic E-state index is 0.0188. The van der Waals surface area contributed by atoms with E-state index in [0.717, 1.165) is 42.6 Å². The van der Waals surface area contributed by atoms with Crippen LogP contribution in [0.15, 0.2) is 76.5 Å². The molecule has 0 amide bonds. The number of allylic oxidation sites excluding steroid dienone is 5. The molecule has 2 rings (SSSR count). The molecule has 0 aliphatic rings. The van der Waals surface area contributed by atoms with Gasteiger partial charge < -0.3 is 4.74 Å². The van der Waals surface area contributed by atoms with Gasteiger partial charge in [-0.15, -0.1) is 23.5 Å². The van der Waals surface area contributed by atoms with Crippen LogP contribution in [0.2, 0.25) is 0 Å². The molecule has 1 aromatic carbocycles. The highest BCUT2D eigenvalue weighted by Gasteiger charge is 2.21. The van der Waals surface area contributed by atoms with E-state index in [4.69, 9.17) is 4.74 Å². The van der Waals surface area contributed by atoms with Crippen molar-refractivity contribution in [2.75, 3.05) is 5.75 Å². The molecule has 200 valence electrons. The van der Waals surface area contributed by atoms with Crippen molar-refractivity contribution < 1.29 is 9.53 Å². The summed E-state index contributed by atoms with van der Waals surface area (Å²) in [5, 5.41) is 0. The quantitative estimate of drug-likeness (QED) is 0.0835. The Hall–Kier alpha value is -2.24. The molecule has 0 fully saturated rings. The largest absolute Gasteiger partial charge is 0.422 e. The Morgan fingerprint density at radius 2 is 1.59 bits per heavy atom. The number of hydrogen-bond acceptors (Lipinski definition) is 5. The molecule has 0 bridgehead atoms. The van der Waals surface area contributed by atoms with E-state index < -0.39 is 0 Å². The van der Waals surface area contributed by atoms with Crippen LogP contribution in [0.3, 0.4) is 0 Å². The fourth-order valence-corrected chi connectivity index (χ4v) is 6.34. The maximum atomic E-state index is 12.5. The van der Waals surface area contributed by atoms with Gasteiger partial charge in [-0.2, -0.15) is 0 Å². The molecular formula is C32H43NO2S2. The number of nitrogens with zero attached hydrogens (tertiary/aromatic N) is 1. The lowest BCUT2D eigenvalue weighted by molar-refractivity contribution is 0.0731. The zero-order chi connectivity index (χ0) is 27.4. The normalized spacial score (nSPS) is 12.4. The van der Waals surface area contributed by atoms with Crippen LogP contribution >= 0.6 is 23.5 Å². The number of carbonyl (C=O) groups excluding carboxylic acids is 1. The highest BCUT2D eigenvalue weighted by atomic mass is 32.2. The second kappa shape index (κ2) is 15.2. The average Bonchev–Trinajstić information content (AvgIpc) is 2.81. The first-order valence-electron chi connectivity index (χ1n) is 13.0. The number of aryl methyl sites for hydroxylation is 2. The lowest BCUT2D eigenvalue weighted by atomic mass is 10.1. The van der Waals surface area contributed by atoms with Crippen LogP contribution in [0.25, 0.3) is 0 Å². The molecule has 1 heterocycles. The Balaban J connectivity index is 1.87. The maximum absolute atomic E-state index is 12.5. The van der Waals surface area contributed by atoms with Gasteiger partial charge in [-0.05, 0) is 116 Å². The summed E-state index contributed by atoms with van der Waals surface area (Å²) in [5.41, 5.74) is 6.70. The molecule has 2 aromatic rings. The number of ether oxygens (including phenoxy) is 1. The van der Waals surface area contributed by atoms with Crippen molar-refractivity contribution in [1.29, 1.82) is 0 Å². The predicted molar refractivity (Wildman–Crippen MR) is 163 cm³/mol. The first-order valence-corrected chi connectivity index (χ1v) is 14.8. The number of thioether (sulfide) groups is 2. The Bertz CT molecular complexity index is 1100. The van der Waals surface area contributed by atoms with Gasteiger partial charge in [0.1, 0.15) is 5.75 Å². The van der Waals surface area contributed by atoms with Crippen molar-refractivity contribution in [3.63, 3.8) is 0 Å². The Labute approximate surface area is 233 Å². The number of rotatable bonds is 13. The summed E-state index contributed by atoms with van der Waals surface area (Å²) < 4.78 is 5.72. The Morgan fingerprint density at radius 1 is 0.973 bits per heavy atom. The van der Waals surface area contributed by atoms with E-state index >= 15 is 0 Å². The summed E-state index contributed by atoms with van der Waals surface area (Å²) in [7, 11) is 0. The monoisotopic (exact) mass is 537 g/mol. The highest BCUT2D eigenvalue weighted by Crippen LogP contribution is 2.43. The summed E-state index contributed by atoms with van der Waals surface area (Å²) in [6.07, 6.45) is 14.8. The van der Waals surface area contributed by atoms with Crippen LogP contribution in [-0.4, -0.2) is 20.8 Å². The van der Waals surface area contributed by atoms with E-state index in [1.165, 1.54) is 27.8 Å². The van der Waals surface area contributed by atoms with Crippen LogP contribution in [0.1, 0.15) is 88.7 Å². The summed E-state index contributed by atoms with van der Waals surface area (Å²) in [5.74, 6) is 1.24. The van der Waals surface area contributed by atoms with Gasteiger partial charge in [0, 0.05) is 23.0 Å². The first kappa shape index (κ1) is 31.0. The Kier molecular flexibility index (Phi) is 12.8. The lowest BCUT2D eigenvalue weighted by Crippen LogP contribution is -2.11. The number of aromatic nitrogens is 1. The molecule has 0 aliphatic carbocycles. The van der Waals surface area contributed by atoms with Crippen LogP contribution in [0.4, 0.5) is 0 Å². The van der Waals surface area contributed by atoms with Crippen LogP contribution in [-0.2, 0) is 0 Å². The van der Waals surface area contributed by atoms with Gasteiger partial charge >= 0.3 is 5.97 Å². The van der Waals surface area contributed by atoms with Crippen molar-refractivity contribution in [1.82, 2.24) is 4.98 Å². The topological polar surface area (TPSA) is 39.2 Å². The molecule has 0 unspecified atom stereocenters. The molecule has 0 saturated heterocycles. The van der Waals surface area contributed by atoms with Crippen molar-refractivity contribution in [3.05, 3.63) is 88.3 Å². The molecule has 0 aliphatic heterocycles. The summed E-state index contributed by atoms with van der Waals surface area (Å²) in [6.45, 7) is 17.3. The third kappa shape index (κ3) is 11.8. The predicted octanol–water partition coefficient (Wildman–Crippen LogP) is 9.90. The van der Waals surface area contributed by atoms with E-state index in [2.05, 4.69) is 76.9 Å². The molecule has 0 saturated carbocycles. The zero-order valence-electron chi connectivity index (χ0n) is 23.8. The van der Waals surface area contributed by atoms with Crippen molar-refractivity contribution in [3.8, 4) is 5.75 Å². The van der Waals surface area contributed by atoms with E-state index in [9.17, 15) is 4.79 Å². The van der Waals surface area contributed by atoms with Gasteiger partial charge in [0.15, 0.2) is 0 Å². The van der Waals surface area contributed by atoms with Gasteiger partial charge in [0.25, 0.3) is 0 Å². The van der Waals surface area contributed by atoms with Crippen molar-refractivity contribution in [2.24, 2.45) is 0 Å². The smallest absolute Gasteiger partial charge is 0.345 e. The Morgan fingerprint density at radius 3 is 2.19 bits per heavy atom. The van der Waals surface area contributed by atoms with E-state index in [1.807, 2.05) is 37.4 Å². The third-order valence-corrected chi connectivity index (χ3v) is 8.47. The molecule has 0 N–H and O–H groups in total. The standard InChI is InChI=1S/C32H43NO2S2/c1-23(2)12-9-13-24(3)14-10-15-25(4)17-19-36-32(7,8)37-29-20-26(5)30(27(6)21-29)35-31(34)28-16-11-18-33-22-28/h11-12,14,16-18,20-22H,9-10,13,15,19H2,1-8H3/b24-14+,25-17+. The number of benzene rings is 1. The summed E-state index contributed by atoms with van der Waals surface area (Å²) >= 11 is 3.80. The molecular weight excluding hydrogens is 494 g/mol. The molecule has 0 radical (unpaired) electrons. The average molecular weight is 538 g/mol. The fraction of sp³-hybridized carbons (Fsp3) is 0.438. The van der Waals surface area contributed by atoms with Crippen LogP contribution in [0.5, 0.6) is 5.75 Å². The van der Waals surface area contributed by atoms with E-state index in [0.29, 0.717) is 11.3 Å². The van der Waals surface area contributed by atoms with E-state index in [-0.39, 0.29) is 10.0 Å². The van der Waals surface area contributed by atoms with Gasteiger partial charge in [0.05, 0.1) is 9.64 Å². The minimum atomic E-state index is -0.382. The zero-order valence-corrected chi connectivity index (χ0v) is 25.4. The highest BCUT2D eigenvalue weighted by molar-refractivity contribution is 8.18. The lowest BCUT2D eigenvalue weighted by Gasteiger charge is -2.24. The van der Waals surface area contributed by atoms with Gasteiger partial charge in [-0.1, -0.05) is 34.9 Å². The minimum Gasteiger partial charge on any atom is -0.422 e. The number of hydrogen-bond donors (Lipinski definition) is 0. The third-order valence-electron chi connectivity index (χ3n) is 5.87. The molecule has 37 heavy (non-hydrogen) atoms. The molecule has 0 atom stereocenters. The van der Waals surface area contributed by atoms with E-state index in [1.54, 1.807) is 18.3 Å². The maximum Gasteiger partial charge on any atom is 0.345 e. The molecule has 5 heteroatoms. The van der Waals surface area contributed by atoms with Crippen molar-refractivity contribution >= 4 is 29.5 Å². The SMILES string of the molecule is CC(C)=CCC/C(C)=C/CC/C(C)=C/CSC(C)(C)Sc1cc(C)c(OC(=O)c2cccnc2)c(C)c1. The second-order valence-corrected chi connectivity index (χ2v) is 13.9. The summed E-state index contributed by atoms with van der Waals surface area (Å²) in [4.78, 5) is 17.7. The number of carbonyl (C=O) groups is 1. The van der Waals surface area contributed by atoms with Gasteiger partial charge in [-0.25, -0.2) is 4.79 Å².